The van der Waals surface area contributed by atoms with E-state index in [2.05, 4.69) is 10.6 Å². The largest absolute Gasteiger partial charge is 0.493 e. The highest BCUT2D eigenvalue weighted by molar-refractivity contribution is 6.04. The molecule has 0 spiro atoms. The minimum Gasteiger partial charge on any atom is -0.493 e. The van der Waals surface area contributed by atoms with Crippen molar-refractivity contribution in [1.29, 1.82) is 0 Å². The van der Waals surface area contributed by atoms with E-state index in [0.29, 0.717) is 35.7 Å². The van der Waals surface area contributed by atoms with Crippen molar-refractivity contribution in [3.8, 4) is 11.5 Å². The molecule has 8 heteroatoms. The molecule has 188 valence electrons. The van der Waals surface area contributed by atoms with Gasteiger partial charge in [-0.3, -0.25) is 14.4 Å². The third-order valence-electron chi connectivity index (χ3n) is 5.45. The average Bonchev–Trinajstić information content (AvgIpc) is 2.90. The highest BCUT2D eigenvalue weighted by atomic mass is 16.5. The maximum Gasteiger partial charge on any atom is 0.306 e. The van der Waals surface area contributed by atoms with Crippen molar-refractivity contribution >= 4 is 23.5 Å². The van der Waals surface area contributed by atoms with E-state index in [1.165, 1.54) is 0 Å². The monoisotopic (exact) mass is 490 g/mol. The summed E-state index contributed by atoms with van der Waals surface area (Å²) in [5.41, 5.74) is 3.64. The zero-order valence-electron chi connectivity index (χ0n) is 20.6. The molecule has 0 saturated heterocycles. The number of esters is 1. The van der Waals surface area contributed by atoms with E-state index in [9.17, 15) is 14.4 Å². The first-order valence-corrected chi connectivity index (χ1v) is 11.5. The number of carbonyl (C=O) groups is 3. The maximum absolute atomic E-state index is 12.7. The molecule has 0 unspecified atom stereocenters. The zero-order valence-corrected chi connectivity index (χ0v) is 20.6. The Hall–Kier alpha value is -4.33. The van der Waals surface area contributed by atoms with E-state index in [-0.39, 0.29) is 12.3 Å². The Morgan fingerprint density at radius 3 is 2.25 bits per heavy atom. The number of aryl methyl sites for hydroxylation is 2. The van der Waals surface area contributed by atoms with Crippen molar-refractivity contribution in [2.75, 3.05) is 26.1 Å². The van der Waals surface area contributed by atoms with E-state index in [1.54, 1.807) is 50.6 Å². The van der Waals surface area contributed by atoms with Crippen molar-refractivity contribution in [3.63, 3.8) is 0 Å². The van der Waals surface area contributed by atoms with Gasteiger partial charge in [-0.25, -0.2) is 0 Å². The number of hydrogen-bond acceptors (Lipinski definition) is 6. The number of benzene rings is 3. The summed E-state index contributed by atoms with van der Waals surface area (Å²) in [4.78, 5) is 37.2. The van der Waals surface area contributed by atoms with E-state index in [0.717, 1.165) is 16.7 Å². The molecule has 0 aliphatic carbocycles. The molecule has 2 N–H and O–H groups in total. The lowest BCUT2D eigenvalue weighted by Gasteiger charge is -2.12. The Balaban J connectivity index is 1.48. The SMILES string of the molecule is COc1ccc(CCC(=O)OCC(=O)Nc2ccccc2C(=O)NCc2ccc(C)cc2)cc1OC. The quantitative estimate of drug-likeness (QED) is 0.393. The molecule has 8 nitrogen and oxygen atoms in total. The van der Waals surface area contributed by atoms with Crippen LogP contribution in [0.3, 0.4) is 0 Å². The fourth-order valence-electron chi connectivity index (χ4n) is 3.46. The average molecular weight is 491 g/mol. The van der Waals surface area contributed by atoms with Gasteiger partial charge < -0.3 is 24.8 Å². The number of rotatable bonds is 11. The second kappa shape index (κ2) is 12.9. The fourth-order valence-corrected chi connectivity index (χ4v) is 3.46. The molecule has 0 heterocycles. The minimum atomic E-state index is -0.534. The van der Waals surface area contributed by atoms with Gasteiger partial charge in [0.25, 0.3) is 11.8 Å². The second-order valence-corrected chi connectivity index (χ2v) is 8.11. The predicted octanol–water partition coefficient (Wildman–Crippen LogP) is 4.06. The topological polar surface area (TPSA) is 103 Å². The van der Waals surface area contributed by atoms with Crippen molar-refractivity contribution in [2.45, 2.75) is 26.3 Å². The van der Waals surface area contributed by atoms with Crippen LogP contribution in [0, 0.1) is 6.92 Å². The summed E-state index contributed by atoms with van der Waals surface area (Å²) in [5.74, 6) is -0.190. The Morgan fingerprint density at radius 2 is 1.53 bits per heavy atom. The van der Waals surface area contributed by atoms with Crippen LogP contribution in [0.5, 0.6) is 11.5 Å². The lowest BCUT2D eigenvalue weighted by Crippen LogP contribution is -2.26. The molecule has 0 atom stereocenters. The molecule has 0 bridgehead atoms. The van der Waals surface area contributed by atoms with Crippen LogP contribution in [0.4, 0.5) is 5.69 Å². The molecule has 3 aromatic rings. The lowest BCUT2D eigenvalue weighted by atomic mass is 10.1. The first-order chi connectivity index (χ1) is 17.4. The van der Waals surface area contributed by atoms with E-state index in [4.69, 9.17) is 14.2 Å². The van der Waals surface area contributed by atoms with Crippen LogP contribution in [0.15, 0.2) is 66.7 Å². The third kappa shape index (κ3) is 7.59. The molecule has 0 radical (unpaired) electrons. The van der Waals surface area contributed by atoms with Gasteiger partial charge >= 0.3 is 5.97 Å². The van der Waals surface area contributed by atoms with E-state index in [1.807, 2.05) is 37.3 Å². The molecule has 0 aliphatic heterocycles. The van der Waals surface area contributed by atoms with Gasteiger partial charge in [-0.2, -0.15) is 0 Å². The van der Waals surface area contributed by atoms with Crippen LogP contribution >= 0.6 is 0 Å². The maximum atomic E-state index is 12.7. The van der Waals surface area contributed by atoms with Crippen molar-refractivity contribution in [2.24, 2.45) is 0 Å². The standard InChI is InChI=1S/C28H30N2O6/c1-19-8-10-21(11-9-19)17-29-28(33)22-6-4-5-7-23(22)30-26(31)18-36-27(32)15-13-20-12-14-24(34-2)25(16-20)35-3/h4-12,14,16H,13,15,17-18H2,1-3H3,(H,29,33)(H,30,31). The lowest BCUT2D eigenvalue weighted by molar-refractivity contribution is -0.147. The molecule has 2 amide bonds. The Morgan fingerprint density at radius 1 is 0.833 bits per heavy atom. The molecule has 0 aromatic heterocycles. The molecule has 0 fully saturated rings. The Kier molecular flexibility index (Phi) is 9.45. The number of ether oxygens (including phenoxy) is 3. The Bertz CT molecular complexity index is 1210. The van der Waals surface area contributed by atoms with Crippen LogP contribution in [0.1, 0.15) is 33.5 Å². The number of carbonyl (C=O) groups excluding carboxylic acids is 3. The summed E-state index contributed by atoms with van der Waals surface area (Å²) in [6.07, 6.45) is 0.519. The molecule has 0 saturated carbocycles. The summed E-state index contributed by atoms with van der Waals surface area (Å²) in [5, 5.41) is 5.50. The fraction of sp³-hybridized carbons (Fsp3) is 0.250. The van der Waals surface area contributed by atoms with Gasteiger partial charge in [-0.1, -0.05) is 48.0 Å². The summed E-state index contributed by atoms with van der Waals surface area (Å²) in [7, 11) is 3.09. The van der Waals surface area contributed by atoms with Crippen LogP contribution in [-0.2, 0) is 27.3 Å². The van der Waals surface area contributed by atoms with Gasteiger partial charge in [0.15, 0.2) is 18.1 Å². The highest BCUT2D eigenvalue weighted by Gasteiger charge is 2.15. The van der Waals surface area contributed by atoms with E-state index < -0.39 is 18.5 Å². The van der Waals surface area contributed by atoms with Gasteiger partial charge in [0.1, 0.15) is 0 Å². The first kappa shape index (κ1) is 26.3. The number of methoxy groups -OCH3 is 2. The second-order valence-electron chi connectivity index (χ2n) is 8.11. The summed E-state index contributed by atoms with van der Waals surface area (Å²) in [6, 6.07) is 19.9. The van der Waals surface area contributed by atoms with Crippen LogP contribution in [0.2, 0.25) is 0 Å². The highest BCUT2D eigenvalue weighted by Crippen LogP contribution is 2.28. The van der Waals surface area contributed by atoms with Crippen LogP contribution < -0.4 is 20.1 Å². The minimum absolute atomic E-state index is 0.0980. The summed E-state index contributed by atoms with van der Waals surface area (Å²) < 4.78 is 15.6. The smallest absolute Gasteiger partial charge is 0.306 e. The first-order valence-electron chi connectivity index (χ1n) is 11.5. The zero-order chi connectivity index (χ0) is 25.9. The van der Waals surface area contributed by atoms with Crippen LogP contribution in [0.25, 0.3) is 0 Å². The predicted molar refractivity (Wildman–Crippen MR) is 136 cm³/mol. The van der Waals surface area contributed by atoms with E-state index >= 15 is 0 Å². The number of para-hydroxylation sites is 1. The van der Waals surface area contributed by atoms with Gasteiger partial charge in [0.2, 0.25) is 0 Å². The van der Waals surface area contributed by atoms with Gasteiger partial charge in [0, 0.05) is 13.0 Å². The van der Waals surface area contributed by atoms with Crippen molar-refractivity contribution in [3.05, 3.63) is 89.0 Å². The molecule has 3 aromatic carbocycles. The number of hydrogen-bond donors (Lipinski definition) is 2. The van der Waals surface area contributed by atoms with Gasteiger partial charge in [-0.05, 0) is 48.7 Å². The molecule has 3 rings (SSSR count). The Labute approximate surface area is 210 Å². The molecular formula is C28H30N2O6. The van der Waals surface area contributed by atoms with Gasteiger partial charge in [-0.15, -0.1) is 0 Å². The number of amides is 2. The third-order valence-corrected chi connectivity index (χ3v) is 5.45. The number of anilines is 1. The molecule has 36 heavy (non-hydrogen) atoms. The van der Waals surface area contributed by atoms with Crippen LogP contribution in [-0.4, -0.2) is 38.6 Å². The number of nitrogens with one attached hydrogen (secondary N) is 2. The molecular weight excluding hydrogens is 460 g/mol. The normalized spacial score (nSPS) is 10.3. The van der Waals surface area contributed by atoms with Crippen molar-refractivity contribution < 1.29 is 28.6 Å². The summed E-state index contributed by atoms with van der Waals surface area (Å²) in [6.45, 7) is 1.90. The van der Waals surface area contributed by atoms with Gasteiger partial charge in [0.05, 0.1) is 25.5 Å². The molecule has 0 aliphatic rings. The summed E-state index contributed by atoms with van der Waals surface area (Å²) >= 11 is 0. The van der Waals surface area contributed by atoms with Crippen molar-refractivity contribution in [1.82, 2.24) is 5.32 Å².